The van der Waals surface area contributed by atoms with Crippen molar-refractivity contribution in [2.75, 3.05) is 0 Å². The lowest BCUT2D eigenvalue weighted by molar-refractivity contribution is -0.148. The van der Waals surface area contributed by atoms with Crippen LogP contribution in [0.5, 0.6) is 0 Å². The lowest BCUT2D eigenvalue weighted by Crippen LogP contribution is -2.40. The van der Waals surface area contributed by atoms with E-state index in [1.165, 1.54) is 89.9 Å². The van der Waals surface area contributed by atoms with Gasteiger partial charge in [0, 0.05) is 23.3 Å². The zero-order valence-electron chi connectivity index (χ0n) is 34.1. The van der Waals surface area contributed by atoms with Gasteiger partial charge in [-0.25, -0.2) is 4.79 Å². The minimum Gasteiger partial charge on any atom is -0.478 e. The van der Waals surface area contributed by atoms with E-state index in [-0.39, 0.29) is 46.7 Å². The van der Waals surface area contributed by atoms with E-state index in [2.05, 4.69) is 32.1 Å². The maximum Gasteiger partial charge on any atom is 0.336 e. The standard InChI is InChI=1S/C47H75ClO6/c1-4-6-7-8-9-10-11-12-13-14-15-16-17-20-25-37-30-31-40(46(52)53)41(34-37)36(3)54-45(51)29-22-19-18-21-26-38-39(43(49)35-42(38)48)27-23-28-44(50)47(5-2)32-24-33-47/h18,21,23,27,30-31,34,36,38-39,42-44,49-50H,4-17,19-20,22,24-26,28-29,32-33,35H2,1-3H3,(H,52,53)/b21-18-,27-23+/t36?,38-,39-,42-,43-,44+/m1/s1. The summed E-state index contributed by atoms with van der Waals surface area (Å²) in [5, 5.41) is 31.2. The fourth-order valence-corrected chi connectivity index (χ4v) is 9.16. The van der Waals surface area contributed by atoms with Crippen LogP contribution < -0.4 is 0 Å². The van der Waals surface area contributed by atoms with Crippen LogP contribution in [0.15, 0.2) is 42.5 Å². The maximum atomic E-state index is 12.8. The largest absolute Gasteiger partial charge is 0.478 e. The van der Waals surface area contributed by atoms with Gasteiger partial charge in [-0.05, 0) is 94.1 Å². The van der Waals surface area contributed by atoms with Gasteiger partial charge in [0.15, 0.2) is 0 Å². The van der Waals surface area contributed by atoms with Crippen molar-refractivity contribution in [3.63, 3.8) is 0 Å². The van der Waals surface area contributed by atoms with Gasteiger partial charge in [-0.15, -0.1) is 11.6 Å². The van der Waals surface area contributed by atoms with Crippen LogP contribution in [0.2, 0.25) is 0 Å². The van der Waals surface area contributed by atoms with Gasteiger partial charge in [0.25, 0.3) is 0 Å². The van der Waals surface area contributed by atoms with Crippen molar-refractivity contribution >= 4 is 23.5 Å². The molecule has 0 heterocycles. The number of benzene rings is 1. The number of aromatic carboxylic acids is 1. The molecule has 1 aromatic rings. The smallest absolute Gasteiger partial charge is 0.336 e. The number of aryl methyl sites for hydroxylation is 1. The number of carbonyl (C=O) groups is 2. The molecule has 2 aliphatic carbocycles. The van der Waals surface area contributed by atoms with Crippen molar-refractivity contribution in [2.45, 2.75) is 205 Å². The van der Waals surface area contributed by atoms with Crippen molar-refractivity contribution < 1.29 is 29.6 Å². The quantitative estimate of drug-likeness (QED) is 0.0324. The number of aliphatic hydroxyl groups is 2. The van der Waals surface area contributed by atoms with Gasteiger partial charge in [-0.3, -0.25) is 4.79 Å². The molecule has 6 atom stereocenters. The third kappa shape index (κ3) is 15.8. The first kappa shape index (κ1) is 46.2. The Kier molecular flexibility index (Phi) is 22.2. The van der Waals surface area contributed by atoms with Crippen LogP contribution in [0.1, 0.15) is 202 Å². The normalized spacial score (nSPS) is 22.1. The Bertz CT molecular complexity index is 1270. The summed E-state index contributed by atoms with van der Waals surface area (Å²) in [6.45, 7) is 6.19. The monoisotopic (exact) mass is 771 g/mol. The summed E-state index contributed by atoms with van der Waals surface area (Å²) in [4.78, 5) is 24.8. The summed E-state index contributed by atoms with van der Waals surface area (Å²) < 4.78 is 5.73. The summed E-state index contributed by atoms with van der Waals surface area (Å²) in [5.74, 6) is -1.25. The SMILES string of the molecule is CCCCCCCCCCCCCCCCc1ccc(C(=O)O)c(C(C)OC(=O)CCC/C=C\C[C@@H]2[C@@H](/C=C/C[C@H](O)C3(CC)CCC3)[C@H](O)C[C@H]2Cl)c1. The number of rotatable bonds is 29. The van der Waals surface area contributed by atoms with Crippen molar-refractivity contribution in [2.24, 2.45) is 17.3 Å². The van der Waals surface area contributed by atoms with E-state index in [9.17, 15) is 24.9 Å². The van der Waals surface area contributed by atoms with Crippen LogP contribution in [0, 0.1) is 17.3 Å². The number of hydrogen-bond acceptors (Lipinski definition) is 5. The number of carbonyl (C=O) groups excluding carboxylic acids is 1. The number of ether oxygens (including phenoxy) is 1. The molecule has 1 aromatic carbocycles. The van der Waals surface area contributed by atoms with Gasteiger partial charge in [0.1, 0.15) is 6.10 Å². The molecule has 0 aliphatic heterocycles. The molecule has 2 aliphatic rings. The number of carboxylic acids is 1. The van der Waals surface area contributed by atoms with E-state index < -0.39 is 18.2 Å². The molecule has 6 nitrogen and oxygen atoms in total. The van der Waals surface area contributed by atoms with Crippen molar-refractivity contribution in [1.29, 1.82) is 0 Å². The Morgan fingerprint density at radius 2 is 1.54 bits per heavy atom. The van der Waals surface area contributed by atoms with Crippen LogP contribution >= 0.6 is 11.6 Å². The van der Waals surface area contributed by atoms with E-state index in [1.807, 2.05) is 18.2 Å². The first-order valence-electron chi connectivity index (χ1n) is 22.0. The van der Waals surface area contributed by atoms with Crippen molar-refractivity contribution in [1.82, 2.24) is 0 Å². The maximum absolute atomic E-state index is 12.8. The van der Waals surface area contributed by atoms with Crippen LogP contribution in [-0.2, 0) is 16.0 Å². The fourth-order valence-electron chi connectivity index (χ4n) is 8.71. The molecule has 0 radical (unpaired) electrons. The summed E-state index contributed by atoms with van der Waals surface area (Å²) >= 11 is 6.66. The molecule has 0 amide bonds. The summed E-state index contributed by atoms with van der Waals surface area (Å²) in [6, 6.07) is 5.47. The topological polar surface area (TPSA) is 104 Å². The van der Waals surface area contributed by atoms with Gasteiger partial charge in [-0.1, -0.05) is 140 Å². The number of allylic oxidation sites excluding steroid dienone is 2. The van der Waals surface area contributed by atoms with Gasteiger partial charge in [-0.2, -0.15) is 0 Å². The minimum atomic E-state index is -1.01. The van der Waals surface area contributed by atoms with Crippen LogP contribution in [0.25, 0.3) is 0 Å². The van der Waals surface area contributed by atoms with E-state index in [0.717, 1.165) is 44.1 Å². The molecule has 0 aromatic heterocycles. The van der Waals surface area contributed by atoms with E-state index in [4.69, 9.17) is 16.3 Å². The molecular formula is C47H75ClO6. The first-order valence-corrected chi connectivity index (χ1v) is 22.4. The summed E-state index contributed by atoms with van der Waals surface area (Å²) in [6.07, 6.45) is 34.1. The van der Waals surface area contributed by atoms with Gasteiger partial charge in [0.05, 0.1) is 17.8 Å². The molecule has 0 spiro atoms. The predicted octanol–water partition coefficient (Wildman–Crippen LogP) is 12.6. The van der Waals surface area contributed by atoms with Crippen LogP contribution in [-0.4, -0.2) is 44.8 Å². The second kappa shape index (κ2) is 25.9. The Morgan fingerprint density at radius 3 is 2.11 bits per heavy atom. The molecule has 306 valence electrons. The van der Waals surface area contributed by atoms with E-state index >= 15 is 0 Å². The Balaban J connectivity index is 1.33. The molecule has 1 unspecified atom stereocenters. The average molecular weight is 772 g/mol. The number of alkyl halides is 1. The van der Waals surface area contributed by atoms with E-state index in [0.29, 0.717) is 31.2 Å². The summed E-state index contributed by atoms with van der Waals surface area (Å²) in [5.41, 5.74) is 1.90. The Hall–Kier alpha value is -2.15. The predicted molar refractivity (Wildman–Crippen MR) is 223 cm³/mol. The number of esters is 1. The fraction of sp³-hybridized carbons (Fsp3) is 0.745. The second-order valence-corrected chi connectivity index (χ2v) is 17.2. The third-order valence-corrected chi connectivity index (χ3v) is 13.1. The second-order valence-electron chi connectivity index (χ2n) is 16.6. The van der Waals surface area contributed by atoms with E-state index in [1.54, 1.807) is 13.0 Å². The van der Waals surface area contributed by atoms with Crippen molar-refractivity contribution in [3.05, 3.63) is 59.2 Å². The molecule has 2 fully saturated rings. The van der Waals surface area contributed by atoms with Crippen molar-refractivity contribution in [3.8, 4) is 0 Å². The number of aliphatic hydroxyl groups excluding tert-OH is 2. The molecule has 0 saturated heterocycles. The molecule has 54 heavy (non-hydrogen) atoms. The number of halogens is 1. The zero-order chi connectivity index (χ0) is 39.2. The van der Waals surface area contributed by atoms with Gasteiger partial charge in [0.2, 0.25) is 0 Å². The van der Waals surface area contributed by atoms with Gasteiger partial charge < -0.3 is 20.1 Å². The first-order chi connectivity index (χ1) is 26.1. The Labute approximate surface area is 333 Å². The average Bonchev–Trinajstić information content (AvgIpc) is 3.40. The van der Waals surface area contributed by atoms with Crippen LogP contribution in [0.4, 0.5) is 0 Å². The molecule has 3 N–H and O–H groups in total. The highest BCUT2D eigenvalue weighted by atomic mass is 35.5. The lowest BCUT2D eigenvalue weighted by atomic mass is 9.63. The number of hydrogen-bond donors (Lipinski definition) is 3. The molecule has 0 bridgehead atoms. The highest BCUT2D eigenvalue weighted by Crippen LogP contribution is 2.48. The lowest BCUT2D eigenvalue weighted by Gasteiger charge is -2.45. The Morgan fingerprint density at radius 1 is 0.907 bits per heavy atom. The summed E-state index contributed by atoms with van der Waals surface area (Å²) in [7, 11) is 0. The number of unbranched alkanes of at least 4 members (excludes halogenated alkanes) is 14. The third-order valence-electron chi connectivity index (χ3n) is 12.6. The highest BCUT2D eigenvalue weighted by molar-refractivity contribution is 6.21. The molecule has 3 rings (SSSR count). The molecule has 7 heteroatoms. The molecular weight excluding hydrogens is 696 g/mol. The highest BCUT2D eigenvalue weighted by Gasteiger charge is 2.42. The minimum absolute atomic E-state index is 0.0341. The van der Waals surface area contributed by atoms with Gasteiger partial charge >= 0.3 is 11.9 Å². The van der Waals surface area contributed by atoms with Crippen LogP contribution in [0.3, 0.4) is 0 Å². The zero-order valence-corrected chi connectivity index (χ0v) is 34.9. The number of carboxylic acid groups (broad SMARTS) is 1. The molecule has 2 saturated carbocycles.